The fourth-order valence-corrected chi connectivity index (χ4v) is 3.90. The molecule has 2 fully saturated rings. The Balaban J connectivity index is 1.84. The van der Waals surface area contributed by atoms with Crippen molar-refractivity contribution in [3.05, 3.63) is 35.4 Å². The third kappa shape index (κ3) is 2.48. The van der Waals surface area contributed by atoms with E-state index in [1.807, 2.05) is 0 Å². The van der Waals surface area contributed by atoms with E-state index in [1.165, 1.54) is 11.1 Å². The van der Waals surface area contributed by atoms with E-state index in [0.717, 1.165) is 38.6 Å². The topological polar surface area (TPSA) is 29.5 Å². The number of rotatable bonds is 4. The quantitative estimate of drug-likeness (QED) is 0.848. The number of hydrogen-bond acceptors (Lipinski definition) is 2. The average molecular weight is 287 g/mol. The van der Waals surface area contributed by atoms with Crippen LogP contribution >= 0.6 is 0 Å². The third-order valence-electron chi connectivity index (χ3n) is 5.25. The number of aryl methyl sites for hydroxylation is 1. The van der Waals surface area contributed by atoms with Crippen molar-refractivity contribution in [2.45, 2.75) is 45.1 Å². The van der Waals surface area contributed by atoms with Crippen LogP contribution in [0.2, 0.25) is 0 Å². The van der Waals surface area contributed by atoms with E-state index < -0.39 is 0 Å². The third-order valence-corrected chi connectivity index (χ3v) is 5.25. The molecule has 21 heavy (non-hydrogen) atoms. The molecule has 3 heteroatoms. The van der Waals surface area contributed by atoms with Gasteiger partial charge >= 0.3 is 0 Å². The van der Waals surface area contributed by atoms with Crippen molar-refractivity contribution in [2.75, 3.05) is 20.3 Å². The summed E-state index contributed by atoms with van der Waals surface area (Å²) in [4.78, 5) is 15.2. The fourth-order valence-electron chi connectivity index (χ4n) is 3.90. The Hall–Kier alpha value is -1.35. The number of carbonyl (C=O) groups excluding carboxylic acids is 1. The molecule has 1 aromatic rings. The van der Waals surface area contributed by atoms with Crippen LogP contribution in [0.5, 0.6) is 0 Å². The minimum atomic E-state index is -0.236. The first kappa shape index (κ1) is 14.6. The molecule has 1 aliphatic heterocycles. The molecule has 0 aromatic heterocycles. The van der Waals surface area contributed by atoms with Crippen LogP contribution in [0.4, 0.5) is 0 Å². The Kier molecular flexibility index (Phi) is 4.03. The van der Waals surface area contributed by atoms with Gasteiger partial charge in [-0.25, -0.2) is 0 Å². The molecule has 0 radical (unpaired) electrons. The lowest BCUT2D eigenvalue weighted by atomic mass is 9.68. The van der Waals surface area contributed by atoms with Crippen LogP contribution < -0.4 is 0 Å². The molecule has 0 bridgehead atoms. The van der Waals surface area contributed by atoms with E-state index in [0.29, 0.717) is 12.5 Å². The molecule has 3 nitrogen and oxygen atoms in total. The molecule has 1 saturated heterocycles. The van der Waals surface area contributed by atoms with Gasteiger partial charge < -0.3 is 9.64 Å². The van der Waals surface area contributed by atoms with E-state index in [4.69, 9.17) is 4.74 Å². The summed E-state index contributed by atoms with van der Waals surface area (Å²) in [6, 6.07) is 8.73. The van der Waals surface area contributed by atoms with E-state index in [9.17, 15) is 4.79 Å². The summed E-state index contributed by atoms with van der Waals surface area (Å²) in [5.41, 5.74) is 2.37. The maximum Gasteiger partial charge on any atom is 0.231 e. The highest BCUT2D eigenvalue weighted by Crippen LogP contribution is 2.46. The normalized spacial score (nSPS) is 23.9. The second kappa shape index (κ2) is 5.80. The summed E-state index contributed by atoms with van der Waals surface area (Å²) in [5, 5.41) is 0. The first-order valence-corrected chi connectivity index (χ1v) is 8.03. The summed E-state index contributed by atoms with van der Waals surface area (Å²) >= 11 is 0. The Morgan fingerprint density at radius 2 is 2.10 bits per heavy atom. The molecule has 114 valence electrons. The summed E-state index contributed by atoms with van der Waals surface area (Å²) in [6.07, 6.45) is 5.30. The van der Waals surface area contributed by atoms with Crippen molar-refractivity contribution in [3.8, 4) is 0 Å². The zero-order valence-electron chi connectivity index (χ0n) is 13.1. The Morgan fingerprint density at radius 1 is 1.33 bits per heavy atom. The molecule has 1 heterocycles. The predicted octanol–water partition coefficient (Wildman–Crippen LogP) is 3.48. The van der Waals surface area contributed by atoms with Gasteiger partial charge in [-0.05, 0) is 43.7 Å². The van der Waals surface area contributed by atoms with Gasteiger partial charge in [0.1, 0.15) is 0 Å². The van der Waals surface area contributed by atoms with Gasteiger partial charge in [-0.3, -0.25) is 4.79 Å². The Bertz CT molecular complexity index is 522. The molecule has 1 atom stereocenters. The van der Waals surface area contributed by atoms with E-state index in [-0.39, 0.29) is 11.5 Å². The summed E-state index contributed by atoms with van der Waals surface area (Å²) in [6.45, 7) is 3.61. The Morgan fingerprint density at radius 3 is 2.71 bits per heavy atom. The van der Waals surface area contributed by atoms with Crippen LogP contribution in [0.25, 0.3) is 0 Å². The summed E-state index contributed by atoms with van der Waals surface area (Å²) in [7, 11) is 1.70. The summed E-state index contributed by atoms with van der Waals surface area (Å²) < 4.78 is 5.35. The van der Waals surface area contributed by atoms with Crippen molar-refractivity contribution >= 4 is 5.91 Å². The van der Waals surface area contributed by atoms with E-state index in [1.54, 1.807) is 7.11 Å². The standard InChI is InChI=1S/C18H25NO2/c1-14-7-3-4-8-15(14)16-9-5-12-19(16)17(20)18(13-21-2)10-6-11-18/h3-4,7-8,16H,5-6,9-13H2,1-2H3/t16-/m1/s1. The van der Waals surface area contributed by atoms with Crippen LogP contribution in [0.3, 0.4) is 0 Å². The highest BCUT2D eigenvalue weighted by atomic mass is 16.5. The largest absolute Gasteiger partial charge is 0.384 e. The molecule has 1 aromatic carbocycles. The van der Waals surface area contributed by atoms with Gasteiger partial charge in [0.25, 0.3) is 0 Å². The van der Waals surface area contributed by atoms with E-state index in [2.05, 4.69) is 36.1 Å². The number of hydrogen-bond donors (Lipinski definition) is 0. The zero-order valence-corrected chi connectivity index (χ0v) is 13.1. The first-order valence-electron chi connectivity index (χ1n) is 8.03. The Labute approximate surface area is 127 Å². The summed E-state index contributed by atoms with van der Waals surface area (Å²) in [5.74, 6) is 0.321. The number of nitrogens with zero attached hydrogens (tertiary/aromatic N) is 1. The van der Waals surface area contributed by atoms with Gasteiger partial charge in [0, 0.05) is 13.7 Å². The lowest BCUT2D eigenvalue weighted by Crippen LogP contribution is -2.50. The maximum absolute atomic E-state index is 13.1. The minimum absolute atomic E-state index is 0.236. The highest BCUT2D eigenvalue weighted by Gasteiger charge is 2.48. The number of carbonyl (C=O) groups is 1. The molecular formula is C18H25NO2. The van der Waals surface area contributed by atoms with Crippen LogP contribution in [0.1, 0.15) is 49.3 Å². The number of ether oxygens (including phenoxy) is 1. The molecule has 3 rings (SSSR count). The van der Waals surface area contributed by atoms with Crippen LogP contribution in [-0.4, -0.2) is 31.1 Å². The lowest BCUT2D eigenvalue weighted by molar-refractivity contribution is -0.153. The molecule has 2 aliphatic rings. The van der Waals surface area contributed by atoms with Crippen LogP contribution in [0, 0.1) is 12.3 Å². The van der Waals surface area contributed by atoms with Crippen molar-refractivity contribution < 1.29 is 9.53 Å². The van der Waals surface area contributed by atoms with Crippen molar-refractivity contribution in [1.82, 2.24) is 4.90 Å². The number of likely N-dealkylation sites (tertiary alicyclic amines) is 1. The van der Waals surface area contributed by atoms with Gasteiger partial charge in [-0.15, -0.1) is 0 Å². The van der Waals surface area contributed by atoms with Gasteiger partial charge in [-0.1, -0.05) is 30.7 Å². The van der Waals surface area contributed by atoms with Gasteiger partial charge in [0.2, 0.25) is 5.91 Å². The SMILES string of the molecule is COCC1(C(=O)N2CCC[C@@H]2c2ccccc2C)CCC1. The average Bonchev–Trinajstić information content (AvgIpc) is 2.91. The first-order chi connectivity index (χ1) is 10.2. The van der Waals surface area contributed by atoms with Gasteiger partial charge in [-0.2, -0.15) is 0 Å². The fraction of sp³-hybridized carbons (Fsp3) is 0.611. The molecule has 0 N–H and O–H groups in total. The maximum atomic E-state index is 13.1. The van der Waals surface area contributed by atoms with Gasteiger partial charge in [0.05, 0.1) is 18.1 Å². The number of amides is 1. The van der Waals surface area contributed by atoms with Crippen LogP contribution in [-0.2, 0) is 9.53 Å². The monoisotopic (exact) mass is 287 g/mol. The molecule has 1 aliphatic carbocycles. The van der Waals surface area contributed by atoms with Crippen molar-refractivity contribution in [3.63, 3.8) is 0 Å². The second-order valence-electron chi connectivity index (χ2n) is 6.58. The predicted molar refractivity (Wildman–Crippen MR) is 83.0 cm³/mol. The molecule has 0 unspecified atom stereocenters. The lowest BCUT2D eigenvalue weighted by Gasteiger charge is -2.43. The number of benzene rings is 1. The van der Waals surface area contributed by atoms with Crippen molar-refractivity contribution in [2.24, 2.45) is 5.41 Å². The molecular weight excluding hydrogens is 262 g/mol. The van der Waals surface area contributed by atoms with E-state index >= 15 is 0 Å². The second-order valence-corrected chi connectivity index (χ2v) is 6.58. The molecule has 1 amide bonds. The minimum Gasteiger partial charge on any atom is -0.384 e. The zero-order chi connectivity index (χ0) is 14.9. The van der Waals surface area contributed by atoms with Crippen LogP contribution in [0.15, 0.2) is 24.3 Å². The van der Waals surface area contributed by atoms with Gasteiger partial charge in [0.15, 0.2) is 0 Å². The van der Waals surface area contributed by atoms with Crippen molar-refractivity contribution in [1.29, 1.82) is 0 Å². The molecule has 0 spiro atoms. The number of methoxy groups -OCH3 is 1. The highest BCUT2D eigenvalue weighted by molar-refractivity contribution is 5.84. The molecule has 1 saturated carbocycles. The smallest absolute Gasteiger partial charge is 0.231 e.